The third kappa shape index (κ3) is 3.36. The topological polar surface area (TPSA) is 77.8 Å². The van der Waals surface area contributed by atoms with E-state index in [1.54, 1.807) is 37.4 Å². The summed E-state index contributed by atoms with van der Waals surface area (Å²) in [7, 11) is 1.66. The van der Waals surface area contributed by atoms with Crippen molar-refractivity contribution in [3.63, 3.8) is 0 Å². The molecule has 1 amide bonds. The molecule has 2 aromatic carbocycles. The van der Waals surface area contributed by atoms with Crippen molar-refractivity contribution in [2.45, 2.75) is 25.8 Å². The van der Waals surface area contributed by atoms with E-state index in [0.717, 1.165) is 5.39 Å². The van der Waals surface area contributed by atoms with E-state index in [-0.39, 0.29) is 24.1 Å². The molecule has 2 N–H and O–H groups in total. The van der Waals surface area contributed by atoms with Gasteiger partial charge < -0.3 is 15.1 Å². The summed E-state index contributed by atoms with van der Waals surface area (Å²) in [6.45, 7) is 1.82. The molecule has 5 heteroatoms. The van der Waals surface area contributed by atoms with E-state index >= 15 is 0 Å². The molecule has 0 saturated carbocycles. The van der Waals surface area contributed by atoms with Crippen LogP contribution in [0.15, 0.2) is 36.4 Å². The first-order chi connectivity index (χ1) is 10.4. The molecule has 0 aromatic heterocycles. The first-order valence-corrected chi connectivity index (χ1v) is 7.11. The van der Waals surface area contributed by atoms with Gasteiger partial charge in [0.25, 0.3) is 5.91 Å². The van der Waals surface area contributed by atoms with Gasteiger partial charge in [-0.2, -0.15) is 0 Å². The van der Waals surface area contributed by atoms with Crippen molar-refractivity contribution >= 4 is 22.6 Å². The number of hydrogen-bond donors (Lipinski definition) is 2. The molecule has 116 valence electrons. The Hall–Kier alpha value is -2.56. The molecule has 2 aromatic rings. The zero-order valence-corrected chi connectivity index (χ0v) is 12.6. The molecule has 1 atom stereocenters. The van der Waals surface area contributed by atoms with Crippen LogP contribution in [0.25, 0.3) is 10.8 Å². The number of carbonyl (C=O) groups excluding carboxylic acids is 1. The Balaban J connectivity index is 2.21. The largest absolute Gasteiger partial charge is 0.507 e. The number of fused-ring (bicyclic) bond motifs is 1. The number of carboxylic acid groups (broad SMARTS) is 1. The first kappa shape index (κ1) is 15.8. The van der Waals surface area contributed by atoms with Gasteiger partial charge in [0.05, 0.1) is 0 Å². The van der Waals surface area contributed by atoms with Gasteiger partial charge in [0.2, 0.25) is 0 Å². The van der Waals surface area contributed by atoms with E-state index in [1.807, 2.05) is 13.0 Å². The molecular formula is C17H19NO4. The van der Waals surface area contributed by atoms with Crippen LogP contribution < -0.4 is 0 Å². The number of aromatic hydroxyl groups is 1. The fourth-order valence-corrected chi connectivity index (χ4v) is 2.32. The van der Waals surface area contributed by atoms with Crippen LogP contribution in [-0.2, 0) is 4.79 Å². The summed E-state index contributed by atoms with van der Waals surface area (Å²) in [5.74, 6) is -0.930. The maximum absolute atomic E-state index is 12.5. The van der Waals surface area contributed by atoms with Crippen molar-refractivity contribution in [2.24, 2.45) is 0 Å². The van der Waals surface area contributed by atoms with Crippen LogP contribution in [0.4, 0.5) is 0 Å². The maximum atomic E-state index is 12.5. The minimum Gasteiger partial charge on any atom is -0.507 e. The van der Waals surface area contributed by atoms with E-state index in [0.29, 0.717) is 17.4 Å². The van der Waals surface area contributed by atoms with E-state index in [9.17, 15) is 14.7 Å². The number of aliphatic carboxylic acids is 1. The molecule has 0 fully saturated rings. The van der Waals surface area contributed by atoms with Crippen LogP contribution >= 0.6 is 0 Å². The number of carbonyl (C=O) groups is 2. The monoisotopic (exact) mass is 301 g/mol. The van der Waals surface area contributed by atoms with Crippen molar-refractivity contribution < 1.29 is 19.8 Å². The number of amides is 1. The second kappa shape index (κ2) is 6.47. The van der Waals surface area contributed by atoms with E-state index in [2.05, 4.69) is 0 Å². The van der Waals surface area contributed by atoms with Crippen LogP contribution in [0.1, 0.15) is 30.1 Å². The SMILES string of the molecule is CC(CCC(=O)O)N(C)C(=O)c1ccc2cccc(O)c2c1. The van der Waals surface area contributed by atoms with Crippen LogP contribution in [-0.4, -0.2) is 40.1 Å². The van der Waals surface area contributed by atoms with Crippen molar-refractivity contribution in [2.75, 3.05) is 7.05 Å². The zero-order chi connectivity index (χ0) is 16.3. The lowest BCUT2D eigenvalue weighted by Gasteiger charge is -2.24. The molecule has 0 aliphatic rings. The van der Waals surface area contributed by atoms with Gasteiger partial charge in [-0.25, -0.2) is 0 Å². The maximum Gasteiger partial charge on any atom is 0.303 e. The molecule has 0 saturated heterocycles. The second-order valence-electron chi connectivity index (χ2n) is 5.41. The summed E-state index contributed by atoms with van der Waals surface area (Å²) < 4.78 is 0. The molecule has 5 nitrogen and oxygen atoms in total. The Bertz CT molecular complexity index is 711. The number of phenols is 1. The number of rotatable bonds is 5. The van der Waals surface area contributed by atoms with Gasteiger partial charge in [-0.15, -0.1) is 0 Å². The van der Waals surface area contributed by atoms with Crippen molar-refractivity contribution in [1.82, 2.24) is 4.90 Å². The third-order valence-corrected chi connectivity index (χ3v) is 3.86. The molecule has 1 unspecified atom stereocenters. The quantitative estimate of drug-likeness (QED) is 0.890. The summed E-state index contributed by atoms with van der Waals surface area (Å²) in [4.78, 5) is 24.6. The fourth-order valence-electron chi connectivity index (χ4n) is 2.32. The highest BCUT2D eigenvalue weighted by Gasteiger charge is 2.18. The lowest BCUT2D eigenvalue weighted by Crippen LogP contribution is -2.35. The van der Waals surface area contributed by atoms with Crippen LogP contribution in [0, 0.1) is 0 Å². The predicted octanol–water partition coefficient (Wildman–Crippen LogP) is 2.87. The van der Waals surface area contributed by atoms with Crippen LogP contribution in [0.3, 0.4) is 0 Å². The average Bonchev–Trinajstić information content (AvgIpc) is 2.51. The Morgan fingerprint density at radius 2 is 1.95 bits per heavy atom. The molecule has 0 bridgehead atoms. The Labute approximate surface area is 128 Å². The molecule has 0 spiro atoms. The highest BCUT2D eigenvalue weighted by Crippen LogP contribution is 2.26. The van der Waals surface area contributed by atoms with Gasteiger partial charge in [0, 0.05) is 30.5 Å². The predicted molar refractivity (Wildman–Crippen MR) is 84.0 cm³/mol. The Kier molecular flexibility index (Phi) is 4.65. The summed E-state index contributed by atoms with van der Waals surface area (Å²) in [5, 5.41) is 20.1. The minimum absolute atomic E-state index is 0.0251. The van der Waals surface area contributed by atoms with Crippen molar-refractivity contribution in [3.05, 3.63) is 42.0 Å². The standard InChI is InChI=1S/C17H19NO4/c1-11(6-9-16(20)21)18(2)17(22)13-8-7-12-4-3-5-15(19)14(12)10-13/h3-5,7-8,10-11,19H,6,9H2,1-2H3,(H,20,21). The number of benzene rings is 2. The Morgan fingerprint density at radius 3 is 2.64 bits per heavy atom. The number of carboxylic acids is 1. The van der Waals surface area contributed by atoms with Gasteiger partial charge in [-0.3, -0.25) is 9.59 Å². The molecule has 0 aliphatic carbocycles. The second-order valence-corrected chi connectivity index (χ2v) is 5.41. The first-order valence-electron chi connectivity index (χ1n) is 7.11. The Morgan fingerprint density at radius 1 is 1.23 bits per heavy atom. The lowest BCUT2D eigenvalue weighted by atomic mass is 10.0. The van der Waals surface area contributed by atoms with Gasteiger partial charge in [-0.05, 0) is 36.9 Å². The van der Waals surface area contributed by atoms with Gasteiger partial charge >= 0.3 is 5.97 Å². The van der Waals surface area contributed by atoms with Crippen LogP contribution in [0.2, 0.25) is 0 Å². The molecule has 0 radical (unpaired) electrons. The highest BCUT2D eigenvalue weighted by atomic mass is 16.4. The number of phenolic OH excluding ortho intramolecular Hbond substituents is 1. The highest BCUT2D eigenvalue weighted by molar-refractivity contribution is 6.00. The van der Waals surface area contributed by atoms with Gasteiger partial charge in [0.1, 0.15) is 5.75 Å². The minimum atomic E-state index is -0.872. The molecule has 2 rings (SSSR count). The summed E-state index contributed by atoms with van der Waals surface area (Å²) in [6, 6.07) is 10.2. The normalized spacial score (nSPS) is 12.1. The summed E-state index contributed by atoms with van der Waals surface area (Å²) >= 11 is 0. The van der Waals surface area contributed by atoms with Crippen molar-refractivity contribution in [1.29, 1.82) is 0 Å². The summed E-state index contributed by atoms with van der Waals surface area (Å²) in [6.07, 6.45) is 0.424. The third-order valence-electron chi connectivity index (χ3n) is 3.86. The number of nitrogens with zero attached hydrogens (tertiary/aromatic N) is 1. The van der Waals surface area contributed by atoms with E-state index in [1.165, 1.54) is 4.90 Å². The van der Waals surface area contributed by atoms with E-state index < -0.39 is 5.97 Å². The van der Waals surface area contributed by atoms with Gasteiger partial charge in [0.15, 0.2) is 0 Å². The fraction of sp³-hybridized carbons (Fsp3) is 0.294. The smallest absolute Gasteiger partial charge is 0.303 e. The molecular weight excluding hydrogens is 282 g/mol. The summed E-state index contributed by atoms with van der Waals surface area (Å²) in [5.41, 5.74) is 0.471. The zero-order valence-electron chi connectivity index (χ0n) is 12.6. The molecule has 0 heterocycles. The van der Waals surface area contributed by atoms with E-state index in [4.69, 9.17) is 5.11 Å². The van der Waals surface area contributed by atoms with Gasteiger partial charge in [-0.1, -0.05) is 18.2 Å². The average molecular weight is 301 g/mol. The van der Waals surface area contributed by atoms with Crippen LogP contribution in [0.5, 0.6) is 5.75 Å². The number of hydrogen-bond acceptors (Lipinski definition) is 3. The van der Waals surface area contributed by atoms with Crippen molar-refractivity contribution in [3.8, 4) is 5.75 Å². The molecule has 22 heavy (non-hydrogen) atoms. The molecule has 0 aliphatic heterocycles. The lowest BCUT2D eigenvalue weighted by molar-refractivity contribution is -0.137.